The van der Waals surface area contributed by atoms with Gasteiger partial charge in [0.15, 0.2) is 0 Å². The maximum Gasteiger partial charge on any atom is 0.408 e. The molecule has 4 saturated carbocycles. The van der Waals surface area contributed by atoms with Crippen molar-refractivity contribution in [3.8, 4) is 6.01 Å². The molecular weight excluding hydrogens is 741 g/mol. The average Bonchev–Trinajstić information content (AvgIpc) is 4.10. The van der Waals surface area contributed by atoms with Gasteiger partial charge in [-0.3, -0.25) is 28.5 Å². The van der Waals surface area contributed by atoms with Crippen molar-refractivity contribution in [2.75, 3.05) is 6.54 Å². The maximum atomic E-state index is 14.8. The minimum absolute atomic E-state index is 0.0162. The minimum Gasteiger partial charge on any atom is -0.459 e. The molecule has 7 atom stereocenters. The summed E-state index contributed by atoms with van der Waals surface area (Å²) in [5.74, 6) is -2.54. The Bertz CT molecular complexity index is 2130. The van der Waals surface area contributed by atoms with Crippen LogP contribution in [0.4, 0.5) is 4.79 Å². The first-order valence-corrected chi connectivity index (χ1v) is 21.7. The number of aryl methyl sites for hydroxylation is 1. The zero-order valence-corrected chi connectivity index (χ0v) is 32.9. The van der Waals surface area contributed by atoms with Crippen LogP contribution in [0.15, 0.2) is 35.6 Å². The summed E-state index contributed by atoms with van der Waals surface area (Å²) in [6, 6.07) is 3.38. The van der Waals surface area contributed by atoms with Crippen LogP contribution in [0.25, 0.3) is 10.9 Å². The fraction of sp³-hybridized carbons (Fsp3) is 0.650. The summed E-state index contributed by atoms with van der Waals surface area (Å²) in [4.78, 5) is 76.5. The van der Waals surface area contributed by atoms with Gasteiger partial charge in [-0.25, -0.2) is 13.2 Å². The molecule has 1 aromatic carbocycles. The van der Waals surface area contributed by atoms with E-state index in [9.17, 15) is 32.4 Å². The average molecular weight is 793 g/mol. The summed E-state index contributed by atoms with van der Waals surface area (Å²) < 4.78 is 41.8. The number of alkyl carbamates (subject to hydrolysis) is 1. The fourth-order valence-corrected chi connectivity index (χ4v) is 10.5. The first-order valence-electron chi connectivity index (χ1n) is 20.2. The summed E-state index contributed by atoms with van der Waals surface area (Å²) in [6.45, 7) is 7.89. The Morgan fingerprint density at radius 3 is 2.50 bits per heavy atom. The molecule has 1 aromatic heterocycles. The largest absolute Gasteiger partial charge is 0.459 e. The molecule has 8 rings (SSSR count). The Morgan fingerprint density at radius 1 is 1.04 bits per heavy atom. The van der Waals surface area contributed by atoms with Gasteiger partial charge in [0.2, 0.25) is 21.8 Å². The first-order chi connectivity index (χ1) is 26.7. The second kappa shape index (κ2) is 14.5. The van der Waals surface area contributed by atoms with Crippen LogP contribution < -0.4 is 25.7 Å². The molecule has 0 radical (unpaired) electrons. The van der Waals surface area contributed by atoms with Crippen LogP contribution in [0.5, 0.6) is 6.01 Å². The zero-order chi connectivity index (χ0) is 39.6. The number of hydrogen-bond donors (Lipinski definition) is 3. The standard InChI is InChI=1S/C40H52N6O9S/c1-4-25-21-40(25,36(50)44-56(52,53)28-14-15-28)43-33(47)31-19-27-22-46(31)35(49)32(24-10-7-8-11-24)42-38(51)55-39(3)20-26(39)12-6-5-9-17-45-34(48)29-16-13-23(2)18-30(29)41-37(45)54-27/h4,13,16,18,24-28,31-32H,1,5-12,14-15,17,19-22H2,2-3H3,(H,42,51)(H,43,47)(H,44,50)/t25-,26-,27-,31+,32+,39-,40-/m1/s1. The van der Waals surface area contributed by atoms with E-state index in [-0.39, 0.29) is 42.8 Å². The van der Waals surface area contributed by atoms with Crippen molar-refractivity contribution in [3.05, 3.63) is 46.8 Å². The minimum atomic E-state index is -3.91. The van der Waals surface area contributed by atoms with Gasteiger partial charge in [-0.1, -0.05) is 37.8 Å². The molecule has 2 aromatic rings. The lowest BCUT2D eigenvalue weighted by atomic mass is 9.96. The molecule has 2 aliphatic heterocycles. The van der Waals surface area contributed by atoms with Crippen LogP contribution >= 0.6 is 0 Å². The number of amides is 4. The van der Waals surface area contributed by atoms with E-state index in [0.717, 1.165) is 37.7 Å². The predicted molar refractivity (Wildman–Crippen MR) is 205 cm³/mol. The SMILES string of the molecule is C=C[C@@H]1C[C@]1(NC(=O)[C@@H]1C[C@@H]2CN1C(=O)[C@H](C1CCCC1)NC(=O)O[C@]1(C)C[C@H]1CCCCCn1c(nc3cc(C)ccc3c1=O)O2)C(=O)NS(=O)(=O)C1CC1. The van der Waals surface area contributed by atoms with Crippen molar-refractivity contribution in [1.82, 2.24) is 29.8 Å². The Balaban J connectivity index is 1.14. The summed E-state index contributed by atoms with van der Waals surface area (Å²) in [5, 5.41) is 5.53. The van der Waals surface area contributed by atoms with Crippen LogP contribution in [0.2, 0.25) is 0 Å². The van der Waals surface area contributed by atoms with Gasteiger partial charge in [0, 0.05) is 24.8 Å². The van der Waals surface area contributed by atoms with Crippen molar-refractivity contribution in [2.45, 2.75) is 138 Å². The highest BCUT2D eigenvalue weighted by atomic mass is 32.2. The summed E-state index contributed by atoms with van der Waals surface area (Å²) >= 11 is 0. The van der Waals surface area contributed by atoms with Gasteiger partial charge in [0.1, 0.15) is 29.3 Å². The van der Waals surface area contributed by atoms with Gasteiger partial charge in [0.25, 0.3) is 17.5 Å². The molecule has 1 saturated heterocycles. The van der Waals surface area contributed by atoms with Crippen LogP contribution in [-0.4, -0.2) is 87.8 Å². The number of nitrogens with one attached hydrogen (secondary N) is 3. The molecule has 4 amide bonds. The van der Waals surface area contributed by atoms with Gasteiger partial charge in [-0.15, -0.1) is 6.58 Å². The van der Waals surface area contributed by atoms with E-state index in [4.69, 9.17) is 14.5 Å². The number of carbonyl (C=O) groups is 4. The molecule has 15 nitrogen and oxygen atoms in total. The zero-order valence-electron chi connectivity index (χ0n) is 32.1. The number of aromatic nitrogens is 2. The van der Waals surface area contributed by atoms with Crippen molar-refractivity contribution in [2.24, 2.45) is 17.8 Å². The third-order valence-electron chi connectivity index (χ3n) is 13.0. The number of hydrogen-bond acceptors (Lipinski definition) is 10. The number of sulfonamides is 1. The molecule has 0 unspecified atom stereocenters. The number of fused-ring (bicyclic) bond motifs is 5. The van der Waals surface area contributed by atoms with Crippen molar-refractivity contribution < 1.29 is 37.1 Å². The number of ether oxygens (including phenoxy) is 2. The van der Waals surface area contributed by atoms with E-state index in [1.165, 1.54) is 15.5 Å². The van der Waals surface area contributed by atoms with E-state index in [0.29, 0.717) is 56.0 Å². The fourth-order valence-electron chi connectivity index (χ4n) is 9.16. The van der Waals surface area contributed by atoms with E-state index in [1.54, 1.807) is 6.07 Å². The van der Waals surface area contributed by atoms with Crippen LogP contribution in [-0.2, 0) is 35.7 Å². The first kappa shape index (κ1) is 38.4. The smallest absolute Gasteiger partial charge is 0.408 e. The molecule has 4 aliphatic carbocycles. The number of benzene rings is 1. The normalized spacial score (nSPS) is 32.5. The van der Waals surface area contributed by atoms with Crippen LogP contribution in [0.3, 0.4) is 0 Å². The van der Waals surface area contributed by atoms with Crippen molar-refractivity contribution in [3.63, 3.8) is 0 Å². The molecule has 6 aliphatic rings. The Morgan fingerprint density at radius 2 is 1.79 bits per heavy atom. The van der Waals surface area contributed by atoms with Gasteiger partial charge < -0.3 is 25.0 Å². The molecule has 302 valence electrons. The number of nitrogens with zero attached hydrogens (tertiary/aromatic N) is 3. The highest BCUT2D eigenvalue weighted by Gasteiger charge is 2.62. The van der Waals surface area contributed by atoms with Gasteiger partial charge in [0.05, 0.1) is 22.7 Å². The van der Waals surface area contributed by atoms with E-state index >= 15 is 0 Å². The van der Waals surface area contributed by atoms with Crippen LogP contribution in [0.1, 0.15) is 96.0 Å². The topological polar surface area (TPSA) is 195 Å². The van der Waals surface area contributed by atoms with E-state index in [1.807, 2.05) is 26.0 Å². The molecule has 3 N–H and O–H groups in total. The van der Waals surface area contributed by atoms with Gasteiger partial charge >= 0.3 is 6.09 Å². The summed E-state index contributed by atoms with van der Waals surface area (Å²) in [6.07, 6.45) is 8.20. The molecular formula is C40H52N6O9S. The third-order valence-corrected chi connectivity index (χ3v) is 14.8. The van der Waals surface area contributed by atoms with Crippen LogP contribution in [0, 0.1) is 24.7 Å². The van der Waals surface area contributed by atoms with E-state index < -0.39 is 74.3 Å². The van der Waals surface area contributed by atoms with E-state index in [2.05, 4.69) is 21.9 Å². The molecule has 5 fully saturated rings. The molecule has 0 spiro atoms. The molecule has 2 bridgehead atoms. The monoisotopic (exact) mass is 792 g/mol. The highest BCUT2D eigenvalue weighted by Crippen LogP contribution is 2.50. The summed E-state index contributed by atoms with van der Waals surface area (Å²) in [5.41, 5.74) is -1.07. The molecule has 3 heterocycles. The lowest BCUT2D eigenvalue weighted by molar-refractivity contribution is -0.142. The van der Waals surface area contributed by atoms with Crippen molar-refractivity contribution in [1.29, 1.82) is 0 Å². The lowest BCUT2D eigenvalue weighted by Gasteiger charge is -2.32. The lowest BCUT2D eigenvalue weighted by Crippen LogP contribution is -2.59. The summed E-state index contributed by atoms with van der Waals surface area (Å²) in [7, 11) is -3.91. The Labute approximate surface area is 326 Å². The second-order valence-corrected chi connectivity index (χ2v) is 19.1. The predicted octanol–water partition coefficient (Wildman–Crippen LogP) is 3.36. The number of carbonyl (C=O) groups excluding carboxylic acids is 4. The number of rotatable bonds is 7. The Kier molecular flexibility index (Phi) is 9.93. The quantitative estimate of drug-likeness (QED) is 0.350. The van der Waals surface area contributed by atoms with Gasteiger partial charge in [-0.05, 0) is 88.8 Å². The van der Waals surface area contributed by atoms with Gasteiger partial charge in [-0.2, -0.15) is 4.98 Å². The van der Waals surface area contributed by atoms with Crippen molar-refractivity contribution >= 4 is 44.7 Å². The third kappa shape index (κ3) is 7.40. The highest BCUT2D eigenvalue weighted by molar-refractivity contribution is 7.91. The Hall–Kier alpha value is -4.47. The maximum absolute atomic E-state index is 14.8. The molecule has 56 heavy (non-hydrogen) atoms. The molecule has 16 heteroatoms. The second-order valence-electron chi connectivity index (χ2n) is 17.2.